The van der Waals surface area contributed by atoms with Crippen molar-refractivity contribution in [3.05, 3.63) is 83.7 Å². The van der Waals surface area contributed by atoms with Gasteiger partial charge in [0, 0.05) is 47.8 Å². The molecule has 0 fully saturated rings. The number of hydrogen-bond acceptors (Lipinski definition) is 8. The van der Waals surface area contributed by atoms with Gasteiger partial charge in [-0.3, -0.25) is 14.4 Å². The highest BCUT2D eigenvalue weighted by atomic mass is 32.2. The number of rotatable bonds is 11. The van der Waals surface area contributed by atoms with Gasteiger partial charge in [0.1, 0.15) is 29.4 Å². The molecule has 0 aliphatic heterocycles. The number of para-hydroxylation sites is 1. The molecule has 3 amide bonds. The first-order chi connectivity index (χ1) is 20.7. The third-order valence-corrected chi connectivity index (χ3v) is 7.35. The van der Waals surface area contributed by atoms with Crippen LogP contribution in [0.5, 0.6) is 11.5 Å². The van der Waals surface area contributed by atoms with Gasteiger partial charge < -0.3 is 25.0 Å². The summed E-state index contributed by atoms with van der Waals surface area (Å²) in [6.07, 6.45) is 6.35. The Hall–Kier alpha value is -4.90. The highest BCUT2D eigenvalue weighted by molar-refractivity contribution is 7.98. The number of nitrogens with one attached hydrogen (secondary N) is 2. The van der Waals surface area contributed by atoms with Gasteiger partial charge >= 0.3 is 0 Å². The van der Waals surface area contributed by atoms with E-state index >= 15 is 0 Å². The maximum absolute atomic E-state index is 13.1. The Kier molecular flexibility index (Phi) is 10.3. The highest BCUT2D eigenvalue weighted by Gasteiger charge is 2.21. The smallest absolute Gasteiger partial charge is 0.246 e. The molecule has 222 valence electrons. The van der Waals surface area contributed by atoms with E-state index in [2.05, 4.69) is 20.6 Å². The Morgan fingerprint density at radius 1 is 1.05 bits per heavy atom. The van der Waals surface area contributed by atoms with Crippen molar-refractivity contribution in [3.8, 4) is 11.5 Å². The van der Waals surface area contributed by atoms with Crippen molar-refractivity contribution in [1.82, 2.24) is 15.3 Å². The first-order valence-corrected chi connectivity index (χ1v) is 14.6. The average molecular weight is 600 g/mol. The molecule has 0 unspecified atom stereocenters. The zero-order valence-electron chi connectivity index (χ0n) is 24.6. The van der Waals surface area contributed by atoms with Gasteiger partial charge in [0.2, 0.25) is 17.7 Å². The van der Waals surface area contributed by atoms with Crippen LogP contribution in [-0.2, 0) is 21.0 Å². The molecule has 43 heavy (non-hydrogen) atoms. The molecule has 4 aromatic rings. The minimum absolute atomic E-state index is 0.201. The second-order valence-electron chi connectivity index (χ2n) is 9.53. The van der Waals surface area contributed by atoms with E-state index in [9.17, 15) is 14.4 Å². The van der Waals surface area contributed by atoms with Gasteiger partial charge in [0.15, 0.2) is 0 Å². The number of ether oxygens (including phenoxy) is 2. The summed E-state index contributed by atoms with van der Waals surface area (Å²) in [5.74, 6) is 0.754. The van der Waals surface area contributed by atoms with Crippen molar-refractivity contribution < 1.29 is 23.9 Å². The molecule has 2 N–H and O–H groups in total. The van der Waals surface area contributed by atoms with E-state index in [4.69, 9.17) is 9.47 Å². The van der Waals surface area contributed by atoms with Gasteiger partial charge in [-0.25, -0.2) is 9.97 Å². The van der Waals surface area contributed by atoms with E-state index in [1.807, 2.05) is 49.6 Å². The molecule has 0 radical (unpaired) electrons. The third kappa shape index (κ3) is 7.89. The normalized spacial score (nSPS) is 10.9. The van der Waals surface area contributed by atoms with Crippen LogP contribution < -0.4 is 25.0 Å². The average Bonchev–Trinajstić information content (AvgIpc) is 3.01. The Morgan fingerprint density at radius 3 is 2.56 bits per heavy atom. The summed E-state index contributed by atoms with van der Waals surface area (Å²) in [5, 5.41) is 6.19. The molecule has 0 saturated carbocycles. The number of amides is 3. The number of aryl methyl sites for hydroxylation is 1. The predicted molar refractivity (Wildman–Crippen MR) is 170 cm³/mol. The molecule has 2 aromatic heterocycles. The van der Waals surface area contributed by atoms with Crippen LogP contribution in [0.15, 0.2) is 71.8 Å². The molecular formula is C32H33N5O5S. The molecule has 0 bridgehead atoms. The minimum atomic E-state index is -0.430. The first-order valence-electron chi connectivity index (χ1n) is 13.4. The maximum Gasteiger partial charge on any atom is 0.246 e. The van der Waals surface area contributed by atoms with Crippen LogP contribution in [0.3, 0.4) is 0 Å². The van der Waals surface area contributed by atoms with Crippen LogP contribution >= 0.6 is 11.8 Å². The van der Waals surface area contributed by atoms with Crippen molar-refractivity contribution >= 4 is 58.0 Å². The fourth-order valence-corrected chi connectivity index (χ4v) is 5.13. The predicted octanol–water partition coefficient (Wildman–Crippen LogP) is 5.00. The Balaban J connectivity index is 1.44. The molecule has 2 heterocycles. The molecule has 4 rings (SSSR count). The number of pyridine rings is 2. The fraction of sp³-hybridized carbons (Fsp3) is 0.219. The summed E-state index contributed by atoms with van der Waals surface area (Å²) in [6, 6.07) is 16.7. The summed E-state index contributed by atoms with van der Waals surface area (Å²) in [6.45, 7) is 3.33. The van der Waals surface area contributed by atoms with Crippen LogP contribution in [0.25, 0.3) is 17.0 Å². The van der Waals surface area contributed by atoms with Crippen LogP contribution in [0.2, 0.25) is 0 Å². The standard InChI is InChI=1S/C32H33N5O5S/c1-20-9-12-23-7-6-8-27(31(23)35-20)42-19-24-26(41-4)14-13-25(32(24)43-5)37(3)30(40)18-34-29(39)16-11-22-10-15-28(33-17-22)36-21(2)38/h6-17H,18-19H2,1-5H3,(H,34,39)(H,33,36,38)/b16-11+. The molecule has 0 spiro atoms. The SMILES string of the molecule is COc1ccc(N(C)C(=O)CNC(=O)/C=C/c2ccc(NC(C)=O)nc2)c(SC)c1COc1cccc2ccc(C)nc12. The number of benzene rings is 2. The number of carbonyl (C=O) groups excluding carboxylic acids is 3. The van der Waals surface area contributed by atoms with Gasteiger partial charge in [-0.05, 0) is 61.2 Å². The monoisotopic (exact) mass is 599 g/mol. The number of likely N-dealkylation sites (N-methyl/N-ethyl adjacent to an activating group) is 1. The minimum Gasteiger partial charge on any atom is -0.496 e. The van der Waals surface area contributed by atoms with Crippen molar-refractivity contribution in [1.29, 1.82) is 0 Å². The van der Waals surface area contributed by atoms with E-state index in [0.29, 0.717) is 28.6 Å². The number of nitrogens with zero attached hydrogens (tertiary/aromatic N) is 3. The van der Waals surface area contributed by atoms with Crippen LogP contribution in [0.1, 0.15) is 23.7 Å². The second kappa shape index (κ2) is 14.3. The zero-order chi connectivity index (χ0) is 30.9. The first kappa shape index (κ1) is 31.0. The summed E-state index contributed by atoms with van der Waals surface area (Å²) >= 11 is 1.48. The number of anilines is 2. The highest BCUT2D eigenvalue weighted by Crippen LogP contribution is 2.38. The third-order valence-electron chi connectivity index (χ3n) is 6.48. The molecule has 0 saturated heterocycles. The van der Waals surface area contributed by atoms with E-state index in [-0.39, 0.29) is 25.0 Å². The van der Waals surface area contributed by atoms with Crippen molar-refractivity contribution in [2.75, 3.05) is 37.2 Å². The lowest BCUT2D eigenvalue weighted by molar-refractivity contribution is -0.122. The largest absolute Gasteiger partial charge is 0.496 e. The summed E-state index contributed by atoms with van der Waals surface area (Å²) in [5.41, 5.74) is 3.80. The van der Waals surface area contributed by atoms with E-state index < -0.39 is 5.91 Å². The quantitative estimate of drug-likeness (QED) is 0.183. The number of carbonyl (C=O) groups is 3. The van der Waals surface area contributed by atoms with E-state index in [1.54, 1.807) is 38.4 Å². The topological polar surface area (TPSA) is 123 Å². The van der Waals surface area contributed by atoms with Crippen molar-refractivity contribution in [2.45, 2.75) is 25.3 Å². The lowest BCUT2D eigenvalue weighted by Gasteiger charge is -2.23. The van der Waals surface area contributed by atoms with Crippen LogP contribution in [0.4, 0.5) is 11.5 Å². The second-order valence-corrected chi connectivity index (χ2v) is 10.3. The number of methoxy groups -OCH3 is 1. The molecule has 2 aromatic carbocycles. The molecule has 0 aliphatic rings. The van der Waals surface area contributed by atoms with Crippen molar-refractivity contribution in [2.24, 2.45) is 0 Å². The maximum atomic E-state index is 13.1. The Morgan fingerprint density at radius 2 is 1.86 bits per heavy atom. The fourth-order valence-electron chi connectivity index (χ4n) is 4.31. The zero-order valence-corrected chi connectivity index (χ0v) is 25.5. The van der Waals surface area contributed by atoms with Gasteiger partial charge in [0.25, 0.3) is 0 Å². The van der Waals surface area contributed by atoms with Crippen molar-refractivity contribution in [3.63, 3.8) is 0 Å². The lowest BCUT2D eigenvalue weighted by Crippen LogP contribution is -2.37. The molecule has 10 nitrogen and oxygen atoms in total. The van der Waals surface area contributed by atoms with Crippen LogP contribution in [0, 0.1) is 6.92 Å². The molecular weight excluding hydrogens is 566 g/mol. The van der Waals surface area contributed by atoms with Gasteiger partial charge in [0.05, 0.1) is 19.3 Å². The van der Waals surface area contributed by atoms with Gasteiger partial charge in [-0.15, -0.1) is 11.8 Å². The number of hydrogen-bond donors (Lipinski definition) is 2. The summed E-state index contributed by atoms with van der Waals surface area (Å²) in [7, 11) is 3.26. The summed E-state index contributed by atoms with van der Waals surface area (Å²) in [4.78, 5) is 47.7. The number of thioether (sulfide) groups is 1. The molecule has 0 aliphatic carbocycles. The van der Waals surface area contributed by atoms with E-state index in [0.717, 1.165) is 27.1 Å². The lowest BCUT2D eigenvalue weighted by atomic mass is 10.1. The van der Waals surface area contributed by atoms with E-state index in [1.165, 1.54) is 35.9 Å². The van der Waals surface area contributed by atoms with Gasteiger partial charge in [-0.2, -0.15) is 0 Å². The van der Waals surface area contributed by atoms with Gasteiger partial charge in [-0.1, -0.05) is 18.2 Å². The Labute approximate surface area is 254 Å². The van der Waals surface area contributed by atoms with Crippen LogP contribution in [-0.4, -0.2) is 54.6 Å². The molecule has 11 heteroatoms. The summed E-state index contributed by atoms with van der Waals surface area (Å²) < 4.78 is 11.9. The number of aromatic nitrogens is 2. The number of fused-ring (bicyclic) bond motifs is 1. The Bertz CT molecular complexity index is 1670. The molecule has 0 atom stereocenters.